The molecule has 0 aliphatic carbocycles. The molecule has 0 atom stereocenters. The van der Waals surface area contributed by atoms with Crippen LogP contribution >= 0.6 is 0 Å². The van der Waals surface area contributed by atoms with E-state index in [-0.39, 0.29) is 5.41 Å². The van der Waals surface area contributed by atoms with Crippen molar-refractivity contribution in [1.29, 1.82) is 0 Å². The maximum atomic E-state index is 3.67. The van der Waals surface area contributed by atoms with E-state index in [4.69, 9.17) is 0 Å². The highest BCUT2D eigenvalue weighted by Gasteiger charge is 2.15. The Balaban J connectivity index is -0.000000629. The zero-order chi connectivity index (χ0) is 23.0. The van der Waals surface area contributed by atoms with Gasteiger partial charge in [0, 0.05) is 6.54 Å². The lowest BCUT2D eigenvalue weighted by Gasteiger charge is -2.22. The van der Waals surface area contributed by atoms with Crippen LogP contribution in [0.1, 0.15) is 101 Å². The van der Waals surface area contributed by atoms with Crippen molar-refractivity contribution in [2.24, 2.45) is 5.41 Å². The molecule has 0 aromatic heterocycles. The van der Waals surface area contributed by atoms with Crippen LogP contribution < -0.4 is 5.32 Å². The molecule has 0 saturated heterocycles. The van der Waals surface area contributed by atoms with E-state index in [1.807, 2.05) is 26.0 Å². The average Bonchev–Trinajstić information content (AvgIpc) is 2.72. The van der Waals surface area contributed by atoms with Gasteiger partial charge in [-0.3, -0.25) is 0 Å². The fourth-order valence-corrected chi connectivity index (χ4v) is 2.66. The topological polar surface area (TPSA) is 12.0 Å². The van der Waals surface area contributed by atoms with E-state index >= 15 is 0 Å². The zero-order valence-corrected chi connectivity index (χ0v) is 21.4. The van der Waals surface area contributed by atoms with Gasteiger partial charge in [-0.2, -0.15) is 0 Å². The van der Waals surface area contributed by atoms with Crippen LogP contribution in [-0.2, 0) is 0 Å². The average molecular weight is 404 g/mol. The summed E-state index contributed by atoms with van der Waals surface area (Å²) in [5, 5.41) is 3.55. The molecule has 0 saturated carbocycles. The zero-order valence-electron chi connectivity index (χ0n) is 21.4. The van der Waals surface area contributed by atoms with Crippen molar-refractivity contribution in [2.75, 3.05) is 13.1 Å². The van der Waals surface area contributed by atoms with Crippen LogP contribution in [0.3, 0.4) is 0 Å². The van der Waals surface area contributed by atoms with Crippen molar-refractivity contribution >= 4 is 0 Å². The third-order valence-corrected chi connectivity index (χ3v) is 4.44. The third kappa shape index (κ3) is 26.7. The fourth-order valence-electron chi connectivity index (χ4n) is 2.66. The Morgan fingerprint density at radius 2 is 1.59 bits per heavy atom. The Morgan fingerprint density at radius 1 is 0.931 bits per heavy atom. The van der Waals surface area contributed by atoms with Gasteiger partial charge in [0.1, 0.15) is 0 Å². The Labute approximate surface area is 185 Å². The minimum atomic E-state index is 0.193. The predicted molar refractivity (Wildman–Crippen MR) is 139 cm³/mol. The van der Waals surface area contributed by atoms with Gasteiger partial charge in [0.25, 0.3) is 0 Å². The largest absolute Gasteiger partial charge is 0.313 e. The van der Waals surface area contributed by atoms with Crippen LogP contribution in [0.5, 0.6) is 0 Å². The van der Waals surface area contributed by atoms with E-state index in [9.17, 15) is 0 Å². The number of rotatable bonds is 13. The van der Waals surface area contributed by atoms with Gasteiger partial charge < -0.3 is 5.32 Å². The monoisotopic (exact) mass is 403 g/mol. The smallest absolute Gasteiger partial charge is 0.0164 e. The number of nitrogens with one attached hydrogen (secondary N) is 1. The molecule has 0 amide bonds. The first-order chi connectivity index (χ1) is 13.9. The Morgan fingerprint density at radius 3 is 2.03 bits per heavy atom. The van der Waals surface area contributed by atoms with Crippen LogP contribution in [0.25, 0.3) is 0 Å². The number of hydrogen-bond acceptors (Lipinski definition) is 1. The molecule has 0 heterocycles. The molecule has 0 aromatic carbocycles. The Hall–Kier alpha value is -1.34. The van der Waals surface area contributed by atoms with E-state index in [2.05, 4.69) is 84.7 Å². The lowest BCUT2D eigenvalue weighted by atomic mass is 9.85. The molecule has 0 unspecified atom stereocenters. The summed E-state index contributed by atoms with van der Waals surface area (Å²) in [4.78, 5) is 0. The highest BCUT2D eigenvalue weighted by molar-refractivity contribution is 5.15. The lowest BCUT2D eigenvalue weighted by Crippen LogP contribution is -2.21. The summed E-state index contributed by atoms with van der Waals surface area (Å²) in [7, 11) is 0. The minimum Gasteiger partial charge on any atom is -0.313 e. The van der Waals surface area contributed by atoms with Crippen LogP contribution in [-0.4, -0.2) is 13.1 Å². The van der Waals surface area contributed by atoms with Crippen LogP contribution in [0, 0.1) is 5.41 Å². The first kappa shape index (κ1) is 32.3. The normalized spacial score (nSPS) is 12.4. The molecule has 0 aromatic rings. The second-order valence-corrected chi connectivity index (χ2v) is 7.86. The molecular weight excluding hydrogens is 350 g/mol. The summed E-state index contributed by atoms with van der Waals surface area (Å²) < 4.78 is 0. The Kier molecular flexibility index (Phi) is 27.5. The molecule has 1 heteroatoms. The summed E-state index contributed by atoms with van der Waals surface area (Å²) in [5.41, 5.74) is 3.18. The summed E-state index contributed by atoms with van der Waals surface area (Å²) in [6, 6.07) is 0. The molecule has 0 rings (SSSR count). The van der Waals surface area contributed by atoms with Gasteiger partial charge in [-0.05, 0) is 52.0 Å². The molecule has 0 aliphatic heterocycles. The van der Waals surface area contributed by atoms with E-state index in [0.29, 0.717) is 0 Å². The van der Waals surface area contributed by atoms with Crippen molar-refractivity contribution < 1.29 is 0 Å². The molecular formula is C28H53N. The third-order valence-electron chi connectivity index (χ3n) is 4.44. The van der Waals surface area contributed by atoms with E-state index in [1.165, 1.54) is 43.3 Å². The van der Waals surface area contributed by atoms with Crippen LogP contribution in [0.2, 0.25) is 0 Å². The van der Waals surface area contributed by atoms with E-state index < -0.39 is 0 Å². The minimum absolute atomic E-state index is 0.193. The SMILES string of the molecule is C/C=C(\C)CCC.C=C/C=C\C=C\C(C)(C)C/C(=C/C)CNCCCCC.CC. The van der Waals surface area contributed by atoms with Crippen molar-refractivity contribution in [3.8, 4) is 0 Å². The first-order valence-corrected chi connectivity index (χ1v) is 11.8. The van der Waals surface area contributed by atoms with Gasteiger partial charge in [0.05, 0.1) is 0 Å². The van der Waals surface area contributed by atoms with Gasteiger partial charge >= 0.3 is 0 Å². The molecule has 1 N–H and O–H groups in total. The number of allylic oxidation sites excluding steroid dienone is 8. The van der Waals surface area contributed by atoms with Gasteiger partial charge in [-0.15, -0.1) is 0 Å². The fraction of sp³-hybridized carbons (Fsp3) is 0.643. The second kappa shape index (κ2) is 24.7. The standard InChI is InChI=1S/C19H33N.C7H14.C2H6/c1-6-9-11-12-14-19(4,5)16-18(8-3)17-20-15-13-10-7-2;1-4-6-7(3)5-2;1-2/h6,8-9,11-12,14,20H,1,7,10,13,15-17H2,2-5H3;5H,4,6H2,1-3H3;1-2H3/b11-9-,14-12+,18-8-;7-5+;. The Bertz CT molecular complexity index is 461. The quantitative estimate of drug-likeness (QED) is 0.183. The van der Waals surface area contributed by atoms with Gasteiger partial charge in [-0.25, -0.2) is 0 Å². The molecule has 0 aliphatic rings. The highest BCUT2D eigenvalue weighted by atomic mass is 14.8. The first-order valence-electron chi connectivity index (χ1n) is 11.8. The van der Waals surface area contributed by atoms with Crippen LogP contribution in [0.15, 0.2) is 60.3 Å². The van der Waals surface area contributed by atoms with Gasteiger partial charge in [0.15, 0.2) is 0 Å². The molecule has 1 nitrogen and oxygen atoms in total. The molecule has 0 radical (unpaired) electrons. The maximum Gasteiger partial charge on any atom is 0.0164 e. The van der Waals surface area contributed by atoms with Gasteiger partial charge in [-0.1, -0.05) is 121 Å². The van der Waals surface area contributed by atoms with Gasteiger partial charge in [0.2, 0.25) is 0 Å². The molecule has 170 valence electrons. The van der Waals surface area contributed by atoms with E-state index in [1.54, 1.807) is 6.08 Å². The highest BCUT2D eigenvalue weighted by Crippen LogP contribution is 2.26. The predicted octanol–water partition coefficient (Wildman–Crippen LogP) is 9.21. The number of unbranched alkanes of at least 4 members (excludes halogenated alkanes) is 2. The van der Waals surface area contributed by atoms with E-state index in [0.717, 1.165) is 19.5 Å². The van der Waals surface area contributed by atoms with Crippen molar-refractivity contribution in [3.05, 3.63) is 60.3 Å². The molecule has 29 heavy (non-hydrogen) atoms. The summed E-state index contributed by atoms with van der Waals surface area (Å²) in [6.45, 7) is 25.2. The van der Waals surface area contributed by atoms with Crippen molar-refractivity contribution in [3.63, 3.8) is 0 Å². The molecule has 0 bridgehead atoms. The summed E-state index contributed by atoms with van der Waals surface area (Å²) >= 11 is 0. The number of hydrogen-bond donors (Lipinski definition) is 1. The second-order valence-electron chi connectivity index (χ2n) is 7.86. The van der Waals surface area contributed by atoms with Crippen molar-refractivity contribution in [1.82, 2.24) is 5.32 Å². The maximum absolute atomic E-state index is 3.67. The molecule has 0 spiro atoms. The lowest BCUT2D eigenvalue weighted by molar-refractivity contribution is 0.465. The van der Waals surface area contributed by atoms with Crippen molar-refractivity contribution in [2.45, 2.75) is 101 Å². The van der Waals surface area contributed by atoms with Crippen LogP contribution in [0.4, 0.5) is 0 Å². The summed E-state index contributed by atoms with van der Waals surface area (Å²) in [6.07, 6.45) is 22.1. The molecule has 0 fully saturated rings. The summed E-state index contributed by atoms with van der Waals surface area (Å²) in [5.74, 6) is 0.